The number of ether oxygens (including phenoxy) is 12. The Bertz CT molecular complexity index is 2650. The standard InChI is InChI=1S/C58H90O28S/c1-24(2)11-10-16-57(8)47-28(60)19-56(7)27-12-13-33-54(4,5)34(15-17-55(33,6)26(27)14-18-58(47,56)53(70)85-57)80-51-45(37(65)32(23-77-51)86-87(71,72)73)84-52-46(83-48-38(66)35(63)29(61)21-75-48)39(67)42(25(3)78-52)81-49-40(68)43(30(62)22-76-49)82-50-41(69)44(74-9)36(64)31(20-59)79-50/h12,25-26,29-52,59,61-69H,1,10-11,13-23H2,2-9H3,(H,71,72,73)/t25?,26?,29?,30?,31?,32?,33?,34?,35?,36?,37?,38?,39?,40?,41?,42?,43?,44?,45?,46?,47?,48?,49?,50?,51?,52?,55?,56-,57-,58?/m0/s1. The van der Waals surface area contributed by atoms with Crippen molar-refractivity contribution in [1.29, 1.82) is 0 Å². The van der Waals surface area contributed by atoms with Crippen molar-refractivity contribution in [3.05, 3.63) is 23.8 Å². The van der Waals surface area contributed by atoms with Crippen LogP contribution >= 0.6 is 0 Å². The SMILES string of the molecule is C=C(C)CCC[C@]1(C)OC(=O)C23CCC4C(=CCC5C(C)(C)C(OC6OCC(OS(=O)(=O)O)C(O)C6OC6OC(C)C(OC7OCC(O)C(OC8OC(CO)C(O)C(OC)C8O)C7O)C(O)C6OC6OCC(O)C(O)C6O)CCC45C)[C@]2(C)CC(=O)C31. The number of ketones is 1. The number of Topliss-reactive ketones (excluding diaryl/α,β-unsaturated/α-hetero) is 1. The Hall–Kier alpha value is -2.35. The third-order valence-electron chi connectivity index (χ3n) is 21.4. The van der Waals surface area contributed by atoms with Crippen molar-refractivity contribution in [3.8, 4) is 0 Å². The van der Waals surface area contributed by atoms with Crippen molar-refractivity contribution >= 4 is 22.2 Å². The van der Waals surface area contributed by atoms with Gasteiger partial charge in [-0.15, -0.1) is 6.58 Å². The maximum absolute atomic E-state index is 14.5. The van der Waals surface area contributed by atoms with Gasteiger partial charge in [0.1, 0.15) is 109 Å². The smallest absolute Gasteiger partial charge is 0.397 e. The highest BCUT2D eigenvalue weighted by Gasteiger charge is 2.79. The predicted octanol–water partition coefficient (Wildman–Crippen LogP) is -1.28. The molecule has 0 aromatic carbocycles. The summed E-state index contributed by atoms with van der Waals surface area (Å²) in [6.07, 6.45) is -31.1. The molecule has 87 heavy (non-hydrogen) atoms. The molecular weight excluding hydrogens is 1180 g/mol. The lowest BCUT2D eigenvalue weighted by Gasteiger charge is -2.63. The predicted molar refractivity (Wildman–Crippen MR) is 292 cm³/mol. The van der Waals surface area contributed by atoms with Crippen molar-refractivity contribution in [2.75, 3.05) is 33.5 Å². The third kappa shape index (κ3) is 11.9. The first kappa shape index (κ1) is 67.5. The van der Waals surface area contributed by atoms with E-state index in [-0.39, 0.29) is 35.4 Å². The molecule has 6 heterocycles. The molecule has 4 aliphatic carbocycles. The number of aliphatic hydroxyl groups excluding tert-OH is 10. The van der Waals surface area contributed by atoms with Gasteiger partial charge in [-0.05, 0) is 94.8 Å². The molecule has 0 radical (unpaired) electrons. The number of hydrogen-bond donors (Lipinski definition) is 11. The van der Waals surface area contributed by atoms with Gasteiger partial charge in [0.15, 0.2) is 31.5 Å². The van der Waals surface area contributed by atoms with Gasteiger partial charge >= 0.3 is 16.4 Å². The molecule has 30 atom stereocenters. The van der Waals surface area contributed by atoms with Crippen LogP contribution in [-0.2, 0) is 81.0 Å². The number of methoxy groups -OCH3 is 1. The largest absolute Gasteiger partial charge is 0.458 e. The van der Waals surface area contributed by atoms with Crippen molar-refractivity contribution in [1.82, 2.24) is 0 Å². The first-order chi connectivity index (χ1) is 40.8. The van der Waals surface area contributed by atoms with Crippen LogP contribution in [-0.4, -0.2) is 256 Å². The maximum atomic E-state index is 14.5. The third-order valence-corrected chi connectivity index (χ3v) is 21.9. The van der Waals surface area contributed by atoms with Crippen LogP contribution in [0, 0.1) is 39.4 Å². The molecule has 6 saturated heterocycles. The first-order valence-electron chi connectivity index (χ1n) is 30.2. The van der Waals surface area contributed by atoms with Gasteiger partial charge in [-0.2, -0.15) is 8.42 Å². The van der Waals surface area contributed by atoms with Crippen molar-refractivity contribution in [2.45, 2.75) is 253 Å². The van der Waals surface area contributed by atoms with Crippen LogP contribution in [0.25, 0.3) is 0 Å². The Morgan fingerprint density at radius 3 is 1.99 bits per heavy atom. The van der Waals surface area contributed by atoms with Gasteiger partial charge in [-0.25, -0.2) is 4.18 Å². The summed E-state index contributed by atoms with van der Waals surface area (Å²) in [6, 6.07) is 0. The summed E-state index contributed by atoms with van der Waals surface area (Å²) in [6.45, 7) is 15.2. The summed E-state index contributed by atoms with van der Waals surface area (Å²) in [7, 11) is -4.06. The number of fused-ring (bicyclic) bond motifs is 4. The monoisotopic (exact) mass is 1270 g/mol. The van der Waals surface area contributed by atoms with Crippen molar-refractivity contribution in [3.63, 3.8) is 0 Å². The molecule has 10 aliphatic rings. The van der Waals surface area contributed by atoms with Crippen molar-refractivity contribution in [2.24, 2.45) is 39.4 Å². The number of carbonyl (C=O) groups is 2. The van der Waals surface area contributed by atoms with Gasteiger partial charge in [0.2, 0.25) is 0 Å². The Labute approximate surface area is 505 Å². The number of rotatable bonds is 18. The molecule has 10 rings (SSSR count). The second-order valence-electron chi connectivity index (χ2n) is 27.2. The molecular formula is C58H90O28S. The summed E-state index contributed by atoms with van der Waals surface area (Å²) in [5.41, 5.74) is -1.66. The van der Waals surface area contributed by atoms with Gasteiger partial charge in [0, 0.05) is 18.9 Å². The molecule has 0 bridgehead atoms. The fourth-order valence-electron chi connectivity index (χ4n) is 17.0. The second kappa shape index (κ2) is 25.2. The summed E-state index contributed by atoms with van der Waals surface area (Å²) in [5.74, 6) is -0.929. The van der Waals surface area contributed by atoms with Crippen LogP contribution in [0.5, 0.6) is 0 Å². The zero-order valence-electron chi connectivity index (χ0n) is 50.3. The molecule has 1 spiro atoms. The first-order valence-corrected chi connectivity index (χ1v) is 31.6. The highest BCUT2D eigenvalue weighted by atomic mass is 32.3. The Morgan fingerprint density at radius 2 is 1.32 bits per heavy atom. The minimum atomic E-state index is -5.25. The Kier molecular flexibility index (Phi) is 19.5. The fraction of sp³-hybridized carbons (Fsp3) is 0.897. The minimum Gasteiger partial charge on any atom is -0.458 e. The normalized spacial score (nSPS) is 50.7. The van der Waals surface area contributed by atoms with E-state index in [1.165, 1.54) is 14.0 Å². The maximum Gasteiger partial charge on any atom is 0.397 e. The number of aliphatic hydroxyl groups is 10. The van der Waals surface area contributed by atoms with Crippen LogP contribution in [0.3, 0.4) is 0 Å². The summed E-state index contributed by atoms with van der Waals surface area (Å²) < 4.78 is 111. The van der Waals surface area contributed by atoms with E-state index in [1.54, 1.807) is 0 Å². The molecule has 28 nitrogen and oxygen atoms in total. The number of esters is 1. The molecule has 3 saturated carbocycles. The topological polar surface area (TPSA) is 411 Å². The van der Waals surface area contributed by atoms with E-state index in [0.717, 1.165) is 24.0 Å². The summed E-state index contributed by atoms with van der Waals surface area (Å²) in [5, 5.41) is 111. The molecule has 0 amide bonds. The average Bonchev–Trinajstić information content (AvgIpc) is 1.53. The van der Waals surface area contributed by atoms with Crippen LogP contribution < -0.4 is 0 Å². The van der Waals surface area contributed by atoms with Gasteiger partial charge in [-0.1, -0.05) is 44.9 Å². The Morgan fingerprint density at radius 1 is 0.701 bits per heavy atom. The van der Waals surface area contributed by atoms with Crippen LogP contribution in [0.1, 0.15) is 106 Å². The number of cyclic esters (lactones) is 1. The van der Waals surface area contributed by atoms with E-state index < -0.39 is 206 Å². The van der Waals surface area contributed by atoms with Gasteiger partial charge < -0.3 is 108 Å². The zero-order valence-corrected chi connectivity index (χ0v) is 51.1. The summed E-state index contributed by atoms with van der Waals surface area (Å²) in [4.78, 5) is 28.9. The zero-order chi connectivity index (χ0) is 63.4. The molecule has 28 unspecified atom stereocenters. The van der Waals surface area contributed by atoms with E-state index in [2.05, 4.69) is 40.3 Å². The average molecular weight is 1270 g/mol. The lowest BCUT2D eigenvalue weighted by Crippen LogP contribution is -2.67. The van der Waals surface area contributed by atoms with Gasteiger partial charge in [0.25, 0.3) is 0 Å². The summed E-state index contributed by atoms with van der Waals surface area (Å²) >= 11 is 0. The highest BCUT2D eigenvalue weighted by Crippen LogP contribution is 2.75. The van der Waals surface area contributed by atoms with Crippen LogP contribution in [0.4, 0.5) is 0 Å². The lowest BCUT2D eigenvalue weighted by molar-refractivity contribution is -0.399. The molecule has 6 aliphatic heterocycles. The van der Waals surface area contributed by atoms with E-state index in [0.29, 0.717) is 38.5 Å². The minimum absolute atomic E-state index is 0.0124. The Balaban J connectivity index is 0.897. The van der Waals surface area contributed by atoms with E-state index >= 15 is 0 Å². The number of carbonyl (C=O) groups excluding carboxylic acids is 2. The molecule has 0 aromatic rings. The fourth-order valence-corrected chi connectivity index (χ4v) is 17.5. The van der Waals surface area contributed by atoms with Crippen LogP contribution in [0.15, 0.2) is 23.8 Å². The van der Waals surface area contributed by atoms with E-state index in [9.17, 15) is 73.6 Å². The number of hydrogen-bond acceptors (Lipinski definition) is 27. The molecule has 9 fully saturated rings. The highest BCUT2D eigenvalue weighted by molar-refractivity contribution is 7.80. The van der Waals surface area contributed by atoms with E-state index in [4.69, 9.17) is 61.0 Å². The number of allylic oxidation sites excluding steroid dienone is 3. The lowest BCUT2D eigenvalue weighted by atomic mass is 9.41. The van der Waals surface area contributed by atoms with Crippen molar-refractivity contribution < 1.29 is 135 Å². The molecule has 0 aromatic heterocycles. The molecule has 11 N–H and O–H groups in total. The van der Waals surface area contributed by atoms with Gasteiger partial charge in [0.05, 0.1) is 50.0 Å². The van der Waals surface area contributed by atoms with Crippen LogP contribution in [0.2, 0.25) is 0 Å². The molecule has 496 valence electrons. The quantitative estimate of drug-likeness (QED) is 0.0432. The van der Waals surface area contributed by atoms with E-state index in [1.807, 2.05) is 13.8 Å². The molecule has 29 heteroatoms. The second-order valence-corrected chi connectivity index (χ2v) is 28.2. The van der Waals surface area contributed by atoms with Gasteiger partial charge in [-0.3, -0.25) is 14.1 Å².